The smallest absolute Gasteiger partial charge is 0.253 e. The molecule has 2 aromatic heterocycles. The van der Waals surface area contributed by atoms with E-state index in [0.29, 0.717) is 31.1 Å². The van der Waals surface area contributed by atoms with Gasteiger partial charge in [0.25, 0.3) is 11.8 Å². The van der Waals surface area contributed by atoms with E-state index >= 15 is 0 Å². The molecule has 0 radical (unpaired) electrons. The molecule has 1 aliphatic heterocycles. The fraction of sp³-hybridized carbons (Fsp3) is 0.192. The molecule has 6 heteroatoms. The summed E-state index contributed by atoms with van der Waals surface area (Å²) in [6.07, 6.45) is 5.57. The Bertz CT molecular complexity index is 1270. The molecule has 0 atom stereocenters. The number of nitrogens with one attached hydrogen (secondary N) is 1. The van der Waals surface area contributed by atoms with Crippen molar-refractivity contribution in [2.75, 3.05) is 13.1 Å². The Morgan fingerprint density at radius 1 is 0.969 bits per heavy atom. The van der Waals surface area contributed by atoms with E-state index in [1.165, 1.54) is 0 Å². The summed E-state index contributed by atoms with van der Waals surface area (Å²) in [6, 6.07) is 19.3. The fourth-order valence-corrected chi connectivity index (χ4v) is 3.99. The van der Waals surface area contributed by atoms with Crippen LogP contribution in [-0.2, 0) is 6.54 Å². The van der Waals surface area contributed by atoms with Crippen LogP contribution in [0.4, 0.5) is 0 Å². The van der Waals surface area contributed by atoms with Crippen molar-refractivity contribution in [1.82, 2.24) is 19.6 Å². The van der Waals surface area contributed by atoms with Crippen LogP contribution < -0.4 is 5.32 Å². The summed E-state index contributed by atoms with van der Waals surface area (Å²) in [4.78, 5) is 31.2. The van der Waals surface area contributed by atoms with Crippen molar-refractivity contribution in [3.8, 4) is 0 Å². The highest BCUT2D eigenvalue weighted by Gasteiger charge is 2.32. The Hall–Kier alpha value is -3.93. The lowest BCUT2D eigenvalue weighted by Gasteiger charge is -2.39. The molecule has 3 heterocycles. The first-order valence-electron chi connectivity index (χ1n) is 10.7. The van der Waals surface area contributed by atoms with Gasteiger partial charge in [-0.2, -0.15) is 0 Å². The summed E-state index contributed by atoms with van der Waals surface area (Å²) in [7, 11) is 0. The summed E-state index contributed by atoms with van der Waals surface area (Å²) in [5.74, 6) is 0.276. The monoisotopic (exact) mass is 424 g/mol. The predicted octanol–water partition coefficient (Wildman–Crippen LogP) is 3.81. The van der Waals surface area contributed by atoms with Gasteiger partial charge in [0, 0.05) is 55.3 Å². The maximum Gasteiger partial charge on any atom is 0.253 e. The molecule has 2 aromatic carbocycles. The number of imidazole rings is 1. The highest BCUT2D eigenvalue weighted by atomic mass is 16.2. The van der Waals surface area contributed by atoms with Gasteiger partial charge in [-0.15, -0.1) is 0 Å². The Labute approximate surface area is 186 Å². The molecule has 1 fully saturated rings. The zero-order valence-electron chi connectivity index (χ0n) is 17.9. The first-order chi connectivity index (χ1) is 15.6. The number of aromatic nitrogens is 2. The predicted molar refractivity (Wildman–Crippen MR) is 123 cm³/mol. The first-order valence-corrected chi connectivity index (χ1v) is 10.7. The summed E-state index contributed by atoms with van der Waals surface area (Å²) < 4.78 is 1.93. The summed E-state index contributed by atoms with van der Waals surface area (Å²) in [5, 5.41) is 2.96. The van der Waals surface area contributed by atoms with Gasteiger partial charge < -0.3 is 14.6 Å². The van der Waals surface area contributed by atoms with Gasteiger partial charge in [-0.05, 0) is 54.4 Å². The van der Waals surface area contributed by atoms with Gasteiger partial charge in [0.1, 0.15) is 5.65 Å². The van der Waals surface area contributed by atoms with Crippen LogP contribution in [0.3, 0.4) is 0 Å². The minimum atomic E-state index is -0.107. The quantitative estimate of drug-likeness (QED) is 0.530. The third-order valence-corrected chi connectivity index (χ3v) is 6.03. The van der Waals surface area contributed by atoms with Gasteiger partial charge in [0.15, 0.2) is 0 Å². The second kappa shape index (κ2) is 8.30. The van der Waals surface area contributed by atoms with Gasteiger partial charge in [0.05, 0.1) is 0 Å². The highest BCUT2D eigenvalue weighted by molar-refractivity contribution is 5.95. The van der Waals surface area contributed by atoms with Crippen molar-refractivity contribution in [3.63, 3.8) is 0 Å². The highest BCUT2D eigenvalue weighted by Crippen LogP contribution is 2.28. The average Bonchev–Trinajstić information content (AvgIpc) is 3.25. The Kier molecular flexibility index (Phi) is 5.19. The zero-order valence-corrected chi connectivity index (χ0v) is 17.9. The molecule has 0 aliphatic carbocycles. The molecule has 6 nitrogen and oxygen atoms in total. The van der Waals surface area contributed by atoms with Crippen LogP contribution in [0.25, 0.3) is 5.65 Å². The van der Waals surface area contributed by atoms with E-state index in [4.69, 9.17) is 0 Å². The van der Waals surface area contributed by atoms with Gasteiger partial charge in [-0.25, -0.2) is 4.98 Å². The van der Waals surface area contributed by atoms with Crippen LogP contribution in [0.5, 0.6) is 0 Å². The van der Waals surface area contributed by atoms with Crippen LogP contribution in [0.15, 0.2) is 79.3 Å². The number of likely N-dealkylation sites (tertiary alicyclic amines) is 1. The van der Waals surface area contributed by atoms with Crippen LogP contribution in [0.2, 0.25) is 0 Å². The largest absolute Gasteiger partial charge is 0.348 e. The Balaban J connectivity index is 1.15. The van der Waals surface area contributed by atoms with E-state index in [9.17, 15) is 9.59 Å². The number of carbonyl (C=O) groups is 2. The molecule has 0 spiro atoms. The first kappa shape index (κ1) is 20.0. The Morgan fingerprint density at radius 2 is 1.69 bits per heavy atom. The summed E-state index contributed by atoms with van der Waals surface area (Å²) in [5.41, 5.74) is 5.51. The number of pyridine rings is 1. The molecule has 0 saturated carbocycles. The minimum Gasteiger partial charge on any atom is -0.348 e. The number of hydrogen-bond donors (Lipinski definition) is 1. The van der Waals surface area contributed by atoms with Crippen molar-refractivity contribution >= 4 is 17.5 Å². The molecule has 1 saturated heterocycles. The molecule has 160 valence electrons. The van der Waals surface area contributed by atoms with Crippen molar-refractivity contribution in [2.45, 2.75) is 19.4 Å². The SMILES string of the molecule is Cc1ccc(C(=O)N2CC(c3ccc(C(=O)NCc4ccn5ccnc5c4)cc3)C2)cc1. The van der Waals surface area contributed by atoms with E-state index in [-0.39, 0.29) is 11.8 Å². The molecular weight excluding hydrogens is 400 g/mol. The number of carbonyl (C=O) groups excluding carboxylic acids is 2. The van der Waals surface area contributed by atoms with Crippen molar-refractivity contribution in [2.24, 2.45) is 0 Å². The molecule has 2 amide bonds. The van der Waals surface area contributed by atoms with E-state index in [1.807, 2.05) is 89.3 Å². The molecule has 0 unspecified atom stereocenters. The standard InChI is InChI=1S/C26H24N4O2/c1-18-2-4-22(5-3-18)26(32)30-16-23(17-30)20-6-8-21(9-7-20)25(31)28-15-19-10-12-29-13-11-27-24(29)14-19/h2-14,23H,15-17H2,1H3,(H,28,31). The normalized spacial score (nSPS) is 13.7. The van der Waals surface area contributed by atoms with Gasteiger partial charge in [-0.1, -0.05) is 29.8 Å². The maximum atomic E-state index is 12.6. The fourth-order valence-electron chi connectivity index (χ4n) is 3.99. The molecule has 1 N–H and O–H groups in total. The number of rotatable bonds is 5. The third kappa shape index (κ3) is 3.99. The van der Waals surface area contributed by atoms with Gasteiger partial charge >= 0.3 is 0 Å². The molecular formula is C26H24N4O2. The number of benzene rings is 2. The summed E-state index contributed by atoms with van der Waals surface area (Å²) >= 11 is 0. The van der Waals surface area contributed by atoms with E-state index in [2.05, 4.69) is 10.3 Å². The lowest BCUT2D eigenvalue weighted by atomic mass is 9.90. The third-order valence-electron chi connectivity index (χ3n) is 6.03. The van der Waals surface area contributed by atoms with Gasteiger partial charge in [-0.3, -0.25) is 9.59 Å². The average molecular weight is 425 g/mol. The maximum absolute atomic E-state index is 12.6. The molecule has 0 bridgehead atoms. The lowest BCUT2D eigenvalue weighted by molar-refractivity contribution is 0.0602. The zero-order chi connectivity index (χ0) is 22.1. The topological polar surface area (TPSA) is 66.7 Å². The molecule has 1 aliphatic rings. The minimum absolute atomic E-state index is 0.0748. The van der Waals surface area contributed by atoms with Crippen molar-refractivity contribution < 1.29 is 9.59 Å². The second-order valence-electron chi connectivity index (χ2n) is 8.31. The van der Waals surface area contributed by atoms with Crippen molar-refractivity contribution in [3.05, 3.63) is 107 Å². The number of amides is 2. The summed E-state index contributed by atoms with van der Waals surface area (Å²) in [6.45, 7) is 3.86. The number of fused-ring (bicyclic) bond motifs is 1. The van der Waals surface area contributed by atoms with Crippen LogP contribution in [0.1, 0.15) is 43.3 Å². The number of nitrogens with zero attached hydrogens (tertiary/aromatic N) is 3. The second-order valence-corrected chi connectivity index (χ2v) is 8.31. The molecule has 4 aromatic rings. The van der Waals surface area contributed by atoms with Crippen LogP contribution >= 0.6 is 0 Å². The van der Waals surface area contributed by atoms with E-state index < -0.39 is 0 Å². The van der Waals surface area contributed by atoms with Gasteiger partial charge in [0.2, 0.25) is 0 Å². The van der Waals surface area contributed by atoms with E-state index in [0.717, 1.165) is 27.9 Å². The van der Waals surface area contributed by atoms with Crippen LogP contribution in [0, 0.1) is 6.92 Å². The van der Waals surface area contributed by atoms with E-state index in [1.54, 1.807) is 6.20 Å². The lowest BCUT2D eigenvalue weighted by Crippen LogP contribution is -2.48. The molecule has 5 rings (SSSR count). The Morgan fingerprint density at radius 3 is 2.44 bits per heavy atom. The van der Waals surface area contributed by atoms with Crippen molar-refractivity contribution in [1.29, 1.82) is 0 Å². The van der Waals surface area contributed by atoms with Crippen LogP contribution in [-0.4, -0.2) is 39.2 Å². The number of hydrogen-bond acceptors (Lipinski definition) is 3. The number of aryl methyl sites for hydroxylation is 1. The molecule has 32 heavy (non-hydrogen) atoms.